The maximum absolute atomic E-state index is 9.74. The normalized spacial score (nSPS) is 11.0. The van der Waals surface area contributed by atoms with E-state index >= 15 is 0 Å². The number of phenols is 1. The van der Waals surface area contributed by atoms with E-state index in [0.717, 1.165) is 26.4 Å². The monoisotopic (exact) mass is 275 g/mol. The zero-order valence-electron chi connectivity index (χ0n) is 9.64. The molecule has 3 aromatic rings. The molecule has 2 nitrogen and oxygen atoms in total. The van der Waals surface area contributed by atoms with Gasteiger partial charge in [-0.3, -0.25) is 0 Å². The summed E-state index contributed by atoms with van der Waals surface area (Å²) in [6.45, 7) is 1.89. The summed E-state index contributed by atoms with van der Waals surface area (Å²) in [5, 5.41) is 11.4. The van der Waals surface area contributed by atoms with Crippen molar-refractivity contribution in [2.75, 3.05) is 0 Å². The van der Waals surface area contributed by atoms with Gasteiger partial charge < -0.3 is 5.11 Å². The van der Waals surface area contributed by atoms with Crippen LogP contribution in [0.25, 0.3) is 20.8 Å². The molecule has 18 heavy (non-hydrogen) atoms. The Hall–Kier alpha value is -1.58. The van der Waals surface area contributed by atoms with Crippen LogP contribution in [-0.4, -0.2) is 10.1 Å². The Labute approximate surface area is 113 Å². The molecule has 0 radical (unpaired) electrons. The van der Waals surface area contributed by atoms with E-state index in [0.29, 0.717) is 10.8 Å². The molecule has 4 heteroatoms. The average molecular weight is 276 g/mol. The minimum atomic E-state index is 0.296. The van der Waals surface area contributed by atoms with E-state index in [2.05, 4.69) is 4.98 Å². The van der Waals surface area contributed by atoms with Crippen LogP contribution in [0.15, 0.2) is 36.4 Å². The fourth-order valence-corrected chi connectivity index (χ4v) is 3.19. The summed E-state index contributed by atoms with van der Waals surface area (Å²) >= 11 is 7.55. The number of hydrogen-bond donors (Lipinski definition) is 1. The molecular weight excluding hydrogens is 266 g/mol. The first-order chi connectivity index (χ1) is 8.65. The number of fused-ring (bicyclic) bond motifs is 1. The number of hydrogen-bond acceptors (Lipinski definition) is 3. The lowest BCUT2D eigenvalue weighted by Gasteiger charge is -2.03. The number of halogens is 1. The Morgan fingerprint density at radius 3 is 2.89 bits per heavy atom. The Morgan fingerprint density at radius 2 is 2.06 bits per heavy atom. The number of benzene rings is 2. The van der Waals surface area contributed by atoms with E-state index in [1.165, 1.54) is 0 Å². The van der Waals surface area contributed by atoms with E-state index < -0.39 is 0 Å². The second kappa shape index (κ2) is 4.26. The largest absolute Gasteiger partial charge is 0.508 e. The second-order valence-electron chi connectivity index (χ2n) is 4.08. The van der Waals surface area contributed by atoms with Gasteiger partial charge in [0.2, 0.25) is 0 Å². The van der Waals surface area contributed by atoms with Crippen LogP contribution in [0.5, 0.6) is 5.75 Å². The van der Waals surface area contributed by atoms with Gasteiger partial charge in [-0.25, -0.2) is 4.98 Å². The summed E-state index contributed by atoms with van der Waals surface area (Å²) in [5.74, 6) is 0.296. The molecule has 0 fully saturated rings. The Balaban J connectivity index is 2.22. The van der Waals surface area contributed by atoms with Crippen LogP contribution < -0.4 is 0 Å². The lowest BCUT2D eigenvalue weighted by atomic mass is 10.1. The molecule has 0 bridgehead atoms. The van der Waals surface area contributed by atoms with Gasteiger partial charge in [0.25, 0.3) is 0 Å². The summed E-state index contributed by atoms with van der Waals surface area (Å²) < 4.78 is 1.06. The lowest BCUT2D eigenvalue weighted by Crippen LogP contribution is -1.82. The smallest absolute Gasteiger partial charge is 0.125 e. The van der Waals surface area contributed by atoms with Gasteiger partial charge in [0.15, 0.2) is 0 Å². The number of thiazole rings is 1. The Kier molecular flexibility index (Phi) is 2.73. The number of phenolic OH excluding ortho intramolecular Hbond substituents is 1. The number of aromatic hydroxyl groups is 1. The number of aromatic nitrogens is 1. The third-order valence-electron chi connectivity index (χ3n) is 2.89. The molecule has 3 rings (SSSR count). The SMILES string of the molecule is Cc1c(O)cccc1-c1nc2ccc(Cl)cc2s1. The predicted molar refractivity (Wildman–Crippen MR) is 76.5 cm³/mol. The van der Waals surface area contributed by atoms with E-state index in [4.69, 9.17) is 11.6 Å². The van der Waals surface area contributed by atoms with Crippen LogP contribution in [0.3, 0.4) is 0 Å². The van der Waals surface area contributed by atoms with Crippen molar-refractivity contribution in [3.8, 4) is 16.3 Å². The molecule has 0 saturated heterocycles. The van der Waals surface area contributed by atoms with Crippen LogP contribution in [0.1, 0.15) is 5.56 Å². The molecule has 0 unspecified atom stereocenters. The third-order valence-corrected chi connectivity index (χ3v) is 4.17. The summed E-state index contributed by atoms with van der Waals surface area (Å²) in [6.07, 6.45) is 0. The molecule has 90 valence electrons. The first-order valence-electron chi connectivity index (χ1n) is 5.50. The van der Waals surface area contributed by atoms with Crippen molar-refractivity contribution < 1.29 is 5.11 Å². The van der Waals surface area contributed by atoms with Crippen LogP contribution in [-0.2, 0) is 0 Å². The molecule has 0 amide bonds. The van der Waals surface area contributed by atoms with Crippen molar-refractivity contribution >= 4 is 33.2 Å². The van der Waals surface area contributed by atoms with Gasteiger partial charge >= 0.3 is 0 Å². The van der Waals surface area contributed by atoms with Gasteiger partial charge in [0, 0.05) is 16.1 Å². The van der Waals surface area contributed by atoms with Crippen molar-refractivity contribution in [2.24, 2.45) is 0 Å². The maximum atomic E-state index is 9.74. The summed E-state index contributed by atoms with van der Waals surface area (Å²) in [6, 6.07) is 11.1. The molecule has 1 heterocycles. The second-order valence-corrected chi connectivity index (χ2v) is 5.55. The van der Waals surface area contributed by atoms with E-state index in [1.54, 1.807) is 17.4 Å². The molecule has 0 aliphatic rings. The third kappa shape index (κ3) is 1.85. The fraction of sp³-hybridized carbons (Fsp3) is 0.0714. The molecule has 1 aromatic heterocycles. The Morgan fingerprint density at radius 1 is 1.22 bits per heavy atom. The summed E-state index contributed by atoms with van der Waals surface area (Å²) in [7, 11) is 0. The molecule has 0 atom stereocenters. The van der Waals surface area contributed by atoms with Crippen LogP contribution in [0, 0.1) is 6.92 Å². The van der Waals surface area contributed by atoms with Gasteiger partial charge in [0.05, 0.1) is 10.2 Å². The van der Waals surface area contributed by atoms with Crippen molar-refractivity contribution in [1.29, 1.82) is 0 Å². The topological polar surface area (TPSA) is 33.1 Å². The highest BCUT2D eigenvalue weighted by Gasteiger charge is 2.10. The minimum absolute atomic E-state index is 0.296. The van der Waals surface area contributed by atoms with E-state index in [-0.39, 0.29) is 0 Å². The highest BCUT2D eigenvalue weighted by Crippen LogP contribution is 2.35. The summed E-state index contributed by atoms with van der Waals surface area (Å²) in [4.78, 5) is 4.57. The summed E-state index contributed by atoms with van der Waals surface area (Å²) in [5.41, 5.74) is 2.75. The molecule has 0 aliphatic carbocycles. The van der Waals surface area contributed by atoms with E-state index in [9.17, 15) is 5.11 Å². The standard InChI is InChI=1S/C14H10ClNOS/c1-8-10(3-2-4-12(8)17)14-16-11-6-5-9(15)7-13(11)18-14/h2-7,17H,1H3. The van der Waals surface area contributed by atoms with Gasteiger partial charge in [-0.05, 0) is 31.2 Å². The number of nitrogens with zero attached hydrogens (tertiary/aromatic N) is 1. The van der Waals surface area contributed by atoms with Crippen LogP contribution in [0.2, 0.25) is 5.02 Å². The van der Waals surface area contributed by atoms with Crippen molar-refractivity contribution in [1.82, 2.24) is 4.98 Å². The molecular formula is C14H10ClNOS. The molecule has 1 N–H and O–H groups in total. The first kappa shape index (κ1) is 11.5. The number of rotatable bonds is 1. The van der Waals surface area contributed by atoms with Crippen molar-refractivity contribution in [3.63, 3.8) is 0 Å². The molecule has 0 saturated carbocycles. The van der Waals surface area contributed by atoms with Crippen LogP contribution in [0.4, 0.5) is 0 Å². The minimum Gasteiger partial charge on any atom is -0.508 e. The van der Waals surface area contributed by atoms with Gasteiger partial charge in [-0.2, -0.15) is 0 Å². The van der Waals surface area contributed by atoms with Gasteiger partial charge in [-0.1, -0.05) is 23.7 Å². The average Bonchev–Trinajstić information content (AvgIpc) is 2.75. The van der Waals surface area contributed by atoms with E-state index in [1.807, 2.05) is 37.3 Å². The fourth-order valence-electron chi connectivity index (χ4n) is 1.87. The highest BCUT2D eigenvalue weighted by molar-refractivity contribution is 7.21. The maximum Gasteiger partial charge on any atom is 0.125 e. The Bertz CT molecular complexity index is 736. The highest BCUT2D eigenvalue weighted by atomic mass is 35.5. The molecule has 0 spiro atoms. The predicted octanol–water partition coefficient (Wildman–Crippen LogP) is 4.63. The zero-order valence-corrected chi connectivity index (χ0v) is 11.2. The van der Waals surface area contributed by atoms with Gasteiger partial charge in [0.1, 0.15) is 10.8 Å². The van der Waals surface area contributed by atoms with Gasteiger partial charge in [-0.15, -0.1) is 11.3 Å². The molecule has 0 aliphatic heterocycles. The van der Waals surface area contributed by atoms with Crippen molar-refractivity contribution in [2.45, 2.75) is 6.92 Å². The molecule has 2 aromatic carbocycles. The quantitative estimate of drug-likeness (QED) is 0.702. The van der Waals surface area contributed by atoms with Crippen molar-refractivity contribution in [3.05, 3.63) is 47.0 Å². The lowest BCUT2D eigenvalue weighted by molar-refractivity contribution is 0.471. The van der Waals surface area contributed by atoms with Crippen LogP contribution >= 0.6 is 22.9 Å². The first-order valence-corrected chi connectivity index (χ1v) is 6.69. The zero-order chi connectivity index (χ0) is 12.7.